The molecule has 4 saturated heterocycles. The van der Waals surface area contributed by atoms with E-state index in [2.05, 4.69) is 36.0 Å². The molecule has 446 valence electrons. The molecule has 3 aromatic rings. The number of carbonyl (C=O) groups excluding carboxylic acids is 6. The number of ether oxygens (including phenoxy) is 12. The summed E-state index contributed by atoms with van der Waals surface area (Å²) in [4.78, 5) is 83.4. The smallest absolute Gasteiger partial charge is 0.343 e. The van der Waals surface area contributed by atoms with E-state index < -0.39 is 114 Å². The second kappa shape index (κ2) is 21.1. The van der Waals surface area contributed by atoms with Crippen LogP contribution >= 0.6 is 0 Å². The molecule has 2 spiro atoms. The van der Waals surface area contributed by atoms with Crippen LogP contribution in [0.3, 0.4) is 0 Å². The molecule has 10 aliphatic rings. The second-order valence-corrected chi connectivity index (χ2v) is 24.9. The SMILES string of the molecule is COC(=O)C1O[C@H](OC2C=CC3[C@H]4Cc5ccc(OC(=O)c6ccc(C(=O)Oc7ccc8c9c7O[C@H]7C(O[C@@H]%10OC(C)[C@H](C)[C@H](OC(C)=O)C%10OC(C)=O)C=CC%10[C@@H](C8)N(C)CC[C@@]9%107)cc6)c6c5[C@@]3(CCN4C)[C@H]2O6)C(C)[C@H](C)[C@@H]1OC(C)=O. The van der Waals surface area contributed by atoms with Gasteiger partial charge in [-0.15, -0.1) is 0 Å². The number of hydrogen-bond acceptors (Lipinski definition) is 20. The first-order valence-electron chi connectivity index (χ1n) is 29.4. The molecule has 0 aromatic heterocycles. The standard InChI is InChI=1S/C64H72N2O18/c1-29-30(2)61(84-54(60(72)73-10)50(29)75-33(5)67)80-46-21-17-40-42-27-38-15-19-44(52-48(38)63(40,56(46)82-52)23-25-65(42)8)78-58(70)36-11-13-37(14-12-36)59(71)79-45-20-16-39-28-43-41-18-22-47(57-64(41,24-26-66(43)9)49(39)53(45)83-57)81-62-55(77-35(7)69)51(76-34(6)68)31(3)32(4)74-62/h11-22,29-32,40-43,46-47,50-51,54-57,61-62H,23-28H2,1-10H3/t29-,30?,31-,32?,40?,41?,42+,43+,46?,47?,50-,51-,54?,55?,56-,57-,61-,62-,63-,64-/m0/s1. The molecule has 6 aliphatic heterocycles. The van der Waals surface area contributed by atoms with Gasteiger partial charge in [0.25, 0.3) is 0 Å². The van der Waals surface area contributed by atoms with Gasteiger partial charge in [0.1, 0.15) is 36.6 Å². The predicted octanol–water partition coefficient (Wildman–Crippen LogP) is 6.13. The van der Waals surface area contributed by atoms with Crippen molar-refractivity contribution in [2.24, 2.45) is 29.6 Å². The van der Waals surface area contributed by atoms with Crippen LogP contribution in [0, 0.1) is 29.6 Å². The topological polar surface area (TPSA) is 220 Å². The lowest BCUT2D eigenvalue weighted by Crippen LogP contribution is -2.66. The van der Waals surface area contributed by atoms with E-state index in [1.165, 1.54) is 52.1 Å². The molecule has 20 heteroatoms. The third-order valence-corrected chi connectivity index (χ3v) is 20.5. The summed E-state index contributed by atoms with van der Waals surface area (Å²) < 4.78 is 75.3. The maximum Gasteiger partial charge on any atom is 0.343 e. The number of methoxy groups -OCH3 is 1. The molecule has 20 atom stereocenters. The Morgan fingerprint density at radius 2 is 1.01 bits per heavy atom. The summed E-state index contributed by atoms with van der Waals surface area (Å²) in [5.41, 5.74) is 3.46. The van der Waals surface area contributed by atoms with E-state index in [0.717, 1.165) is 61.0 Å². The highest BCUT2D eigenvalue weighted by Crippen LogP contribution is 2.65. The fourth-order valence-corrected chi connectivity index (χ4v) is 16.1. The number of carbonyl (C=O) groups is 6. The molecule has 4 aliphatic carbocycles. The summed E-state index contributed by atoms with van der Waals surface area (Å²) in [6.45, 7) is 13.0. The number of benzene rings is 3. The number of likely N-dealkylation sites (N-methyl/N-ethyl adjacent to an activating group) is 2. The number of piperidine rings is 2. The van der Waals surface area contributed by atoms with Crippen molar-refractivity contribution >= 4 is 35.8 Å². The minimum Gasteiger partial charge on any atom is -0.482 e. The van der Waals surface area contributed by atoms with Gasteiger partial charge in [-0.3, -0.25) is 14.4 Å². The molecule has 0 amide bonds. The highest BCUT2D eigenvalue weighted by molar-refractivity contribution is 5.95. The van der Waals surface area contributed by atoms with Crippen LogP contribution in [0.15, 0.2) is 72.8 Å². The quantitative estimate of drug-likeness (QED) is 0.0861. The van der Waals surface area contributed by atoms with Crippen molar-refractivity contribution in [3.63, 3.8) is 0 Å². The molecule has 4 fully saturated rings. The summed E-state index contributed by atoms with van der Waals surface area (Å²) in [6.07, 6.45) is 2.51. The fourth-order valence-electron chi connectivity index (χ4n) is 16.1. The lowest BCUT2D eigenvalue weighted by molar-refractivity contribution is -0.301. The molecule has 6 heterocycles. The Balaban J connectivity index is 0.737. The molecule has 84 heavy (non-hydrogen) atoms. The van der Waals surface area contributed by atoms with Gasteiger partial charge >= 0.3 is 35.8 Å². The van der Waals surface area contributed by atoms with Gasteiger partial charge in [0, 0.05) is 84.4 Å². The first-order valence-corrected chi connectivity index (χ1v) is 29.4. The lowest BCUT2D eigenvalue weighted by Gasteiger charge is -2.57. The molecule has 0 N–H and O–H groups in total. The summed E-state index contributed by atoms with van der Waals surface area (Å²) >= 11 is 0. The molecule has 8 unspecified atom stereocenters. The maximum absolute atomic E-state index is 14.2. The van der Waals surface area contributed by atoms with Crippen molar-refractivity contribution in [2.45, 2.75) is 165 Å². The molecule has 3 aromatic carbocycles. The third-order valence-electron chi connectivity index (χ3n) is 20.5. The fraction of sp³-hybridized carbons (Fsp3) is 0.562. The van der Waals surface area contributed by atoms with Gasteiger partial charge < -0.3 is 66.6 Å². The lowest BCUT2D eigenvalue weighted by atomic mass is 9.53. The highest BCUT2D eigenvalue weighted by Gasteiger charge is 2.67. The predicted molar refractivity (Wildman–Crippen MR) is 295 cm³/mol. The minimum absolute atomic E-state index is 0.0359. The molecular weight excluding hydrogens is 1080 g/mol. The van der Waals surface area contributed by atoms with Crippen molar-refractivity contribution in [3.8, 4) is 23.0 Å². The zero-order chi connectivity index (χ0) is 59.0. The first kappa shape index (κ1) is 56.5. The highest BCUT2D eigenvalue weighted by atomic mass is 16.7. The van der Waals surface area contributed by atoms with Gasteiger partial charge in [0.2, 0.25) is 0 Å². The molecule has 20 nitrogen and oxygen atoms in total. The number of rotatable bonds is 12. The zero-order valence-electron chi connectivity index (χ0n) is 48.8. The van der Waals surface area contributed by atoms with E-state index in [4.69, 9.17) is 56.8 Å². The van der Waals surface area contributed by atoms with Crippen molar-refractivity contribution in [1.82, 2.24) is 9.80 Å². The normalized spacial score (nSPS) is 38.0. The summed E-state index contributed by atoms with van der Waals surface area (Å²) in [7, 11) is 5.54. The monoisotopic (exact) mass is 1160 g/mol. The van der Waals surface area contributed by atoms with Crippen LogP contribution in [0.4, 0.5) is 0 Å². The van der Waals surface area contributed by atoms with Crippen molar-refractivity contribution in [3.05, 3.63) is 106 Å². The molecule has 0 radical (unpaired) electrons. The molecule has 4 bridgehead atoms. The van der Waals surface area contributed by atoms with Crippen LogP contribution in [0.25, 0.3) is 0 Å². The van der Waals surface area contributed by atoms with Gasteiger partial charge in [-0.2, -0.15) is 0 Å². The van der Waals surface area contributed by atoms with Gasteiger partial charge in [0.15, 0.2) is 47.8 Å². The maximum atomic E-state index is 14.2. The summed E-state index contributed by atoms with van der Waals surface area (Å²) in [5.74, 6) is -3.06. The van der Waals surface area contributed by atoms with E-state index in [-0.39, 0.29) is 64.3 Å². The number of hydrogen-bond donors (Lipinski definition) is 0. The Labute approximate surface area is 487 Å². The van der Waals surface area contributed by atoms with Crippen molar-refractivity contribution < 1.29 is 85.6 Å². The van der Waals surface area contributed by atoms with E-state index in [9.17, 15) is 28.8 Å². The van der Waals surface area contributed by atoms with Crippen molar-refractivity contribution in [2.75, 3.05) is 34.3 Å². The Morgan fingerprint density at radius 1 is 0.548 bits per heavy atom. The number of likely N-dealkylation sites (tertiary alicyclic amines) is 2. The van der Waals surface area contributed by atoms with Crippen LogP contribution < -0.4 is 18.9 Å². The average Bonchev–Trinajstić information content (AvgIpc) is 1.57. The van der Waals surface area contributed by atoms with Gasteiger partial charge in [-0.1, -0.05) is 57.2 Å². The Morgan fingerprint density at radius 3 is 1.49 bits per heavy atom. The van der Waals surface area contributed by atoms with Gasteiger partial charge in [0.05, 0.1) is 24.3 Å². The van der Waals surface area contributed by atoms with Crippen LogP contribution in [0.5, 0.6) is 23.0 Å². The Hall–Kier alpha value is -6.68. The van der Waals surface area contributed by atoms with Gasteiger partial charge in [-0.25, -0.2) is 14.4 Å². The van der Waals surface area contributed by atoms with E-state index in [1.807, 2.05) is 52.0 Å². The summed E-state index contributed by atoms with van der Waals surface area (Å²) in [5, 5.41) is 0. The number of nitrogens with zero attached hydrogens (tertiary/aromatic N) is 2. The van der Waals surface area contributed by atoms with Crippen LogP contribution in [-0.4, -0.2) is 160 Å². The summed E-state index contributed by atoms with van der Waals surface area (Å²) in [6, 6.07) is 14.0. The van der Waals surface area contributed by atoms with E-state index >= 15 is 0 Å². The van der Waals surface area contributed by atoms with Crippen LogP contribution in [0.2, 0.25) is 0 Å². The Bertz CT molecular complexity index is 3270. The second-order valence-electron chi connectivity index (χ2n) is 24.9. The van der Waals surface area contributed by atoms with Crippen LogP contribution in [0.1, 0.15) is 104 Å². The first-order chi connectivity index (χ1) is 40.2. The largest absolute Gasteiger partial charge is 0.482 e. The van der Waals surface area contributed by atoms with E-state index in [0.29, 0.717) is 11.5 Å². The van der Waals surface area contributed by atoms with E-state index in [1.54, 1.807) is 12.1 Å². The van der Waals surface area contributed by atoms with Crippen molar-refractivity contribution in [1.29, 1.82) is 0 Å². The third kappa shape index (κ3) is 8.81. The van der Waals surface area contributed by atoms with Crippen LogP contribution in [-0.2, 0) is 80.7 Å². The number of esters is 6. The molecule has 0 saturated carbocycles. The molecule has 13 rings (SSSR count). The average molecular weight is 1160 g/mol. The van der Waals surface area contributed by atoms with Gasteiger partial charge in [-0.05, 0) is 107 Å². The molecular formula is C64H72N2O18. The zero-order valence-corrected chi connectivity index (χ0v) is 48.8. The minimum atomic E-state index is -1.21. The Kier molecular flexibility index (Phi) is 14.2.